The number of hydrogen-bond acceptors (Lipinski definition) is 0. The van der Waals surface area contributed by atoms with Crippen molar-refractivity contribution in [1.82, 2.24) is 0 Å². The van der Waals surface area contributed by atoms with Crippen LogP contribution in [-0.4, -0.2) is 15.5 Å². The first-order chi connectivity index (χ1) is 15.1. The lowest BCUT2D eigenvalue weighted by atomic mass is 9.54. The molecule has 0 radical (unpaired) electrons. The van der Waals surface area contributed by atoms with E-state index in [1.54, 1.807) is 116 Å². The van der Waals surface area contributed by atoms with E-state index in [2.05, 4.69) is 0 Å². The third-order valence-corrected chi connectivity index (χ3v) is 18.7. The molecule has 1 heteroatoms. The molecule has 12 fully saturated rings. The zero-order valence-corrected chi connectivity index (χ0v) is 20.9. The first-order valence-electron chi connectivity index (χ1n) is 15.0. The Labute approximate surface area is 192 Å². The van der Waals surface area contributed by atoms with Crippen molar-refractivity contribution in [1.29, 1.82) is 0 Å². The SMILES string of the molecule is C1C2CC3CC1CC([PH+](C14CC5CC(CC(C5)C1)C4)C14CC5CC(CC(C5)C1)C4)(C2)C3. The Kier molecular flexibility index (Phi) is 3.61. The molecule has 0 N–H and O–H groups in total. The van der Waals surface area contributed by atoms with Crippen LogP contribution in [0.1, 0.15) is 116 Å². The normalized spacial score (nSPS) is 65.6. The minimum absolute atomic E-state index is 0.327. The van der Waals surface area contributed by atoms with Crippen LogP contribution in [0.25, 0.3) is 0 Å². The maximum atomic E-state index is 1.75. The average Bonchev–Trinajstić information content (AvgIpc) is 2.63. The summed E-state index contributed by atoms with van der Waals surface area (Å²) in [6.07, 6.45) is 30.7. The van der Waals surface area contributed by atoms with Crippen molar-refractivity contribution in [3.8, 4) is 0 Å². The Hall–Kier alpha value is 0.430. The standard InChI is InChI=1S/C30H45P/c1-19-2-21-3-20(1)11-28(10-19,12-21)31(29-13-22-4-23(14-29)6-24(5-22)15-29)30-16-25-7-26(17-30)9-27(8-25)18-30/h19-27H,1-18H2/p+1. The van der Waals surface area contributed by atoms with Crippen LogP contribution in [0.2, 0.25) is 0 Å². The number of hydrogen-bond donors (Lipinski definition) is 0. The van der Waals surface area contributed by atoms with Crippen LogP contribution >= 0.6 is 7.92 Å². The second-order valence-corrected chi connectivity index (χ2v) is 19.9. The molecule has 12 bridgehead atoms. The molecule has 12 aliphatic carbocycles. The van der Waals surface area contributed by atoms with Gasteiger partial charge in [0.15, 0.2) is 0 Å². The predicted molar refractivity (Wildman–Crippen MR) is 131 cm³/mol. The Morgan fingerprint density at radius 2 is 0.452 bits per heavy atom. The van der Waals surface area contributed by atoms with Crippen LogP contribution in [0.5, 0.6) is 0 Å². The molecule has 0 atom stereocenters. The molecular weight excluding hydrogens is 391 g/mol. The quantitative estimate of drug-likeness (QED) is 0.391. The van der Waals surface area contributed by atoms with Crippen molar-refractivity contribution in [2.75, 3.05) is 0 Å². The maximum Gasteiger partial charge on any atom is 0.0795 e. The molecule has 0 amide bonds. The Morgan fingerprint density at radius 3 is 0.613 bits per heavy atom. The molecule has 12 rings (SSSR count). The summed E-state index contributed by atoms with van der Waals surface area (Å²) in [7, 11) is -0.327. The largest absolute Gasteiger partial charge is 0.0795 e. The Morgan fingerprint density at radius 1 is 0.290 bits per heavy atom. The van der Waals surface area contributed by atoms with E-state index in [1.807, 2.05) is 0 Å². The highest BCUT2D eigenvalue weighted by atomic mass is 31.1. The second-order valence-electron chi connectivity index (χ2n) is 16.0. The van der Waals surface area contributed by atoms with Crippen LogP contribution in [0, 0.1) is 53.3 Å². The van der Waals surface area contributed by atoms with Gasteiger partial charge in [0.05, 0.1) is 15.5 Å². The van der Waals surface area contributed by atoms with E-state index in [9.17, 15) is 0 Å². The zero-order chi connectivity index (χ0) is 20.0. The van der Waals surface area contributed by atoms with Crippen molar-refractivity contribution < 1.29 is 0 Å². The van der Waals surface area contributed by atoms with E-state index in [4.69, 9.17) is 0 Å². The van der Waals surface area contributed by atoms with E-state index >= 15 is 0 Å². The van der Waals surface area contributed by atoms with E-state index in [0.717, 1.165) is 15.5 Å². The molecule has 12 saturated carbocycles. The van der Waals surface area contributed by atoms with Gasteiger partial charge in [-0.1, -0.05) is 0 Å². The summed E-state index contributed by atoms with van der Waals surface area (Å²) in [5.41, 5.74) is 0. The molecule has 0 aromatic carbocycles. The van der Waals surface area contributed by atoms with Crippen LogP contribution in [0.4, 0.5) is 0 Å². The molecule has 0 unspecified atom stereocenters. The highest BCUT2D eigenvalue weighted by Crippen LogP contribution is 2.86. The van der Waals surface area contributed by atoms with Crippen molar-refractivity contribution >= 4 is 7.92 Å². The van der Waals surface area contributed by atoms with Gasteiger partial charge in [-0.15, -0.1) is 0 Å². The van der Waals surface area contributed by atoms with Crippen molar-refractivity contribution in [2.24, 2.45) is 53.3 Å². The smallest absolute Gasteiger partial charge is 0.0472 e. The van der Waals surface area contributed by atoms with Gasteiger partial charge in [0.25, 0.3) is 0 Å². The number of rotatable bonds is 3. The molecule has 0 aromatic rings. The lowest BCUT2D eigenvalue weighted by Gasteiger charge is -2.69. The lowest BCUT2D eigenvalue weighted by molar-refractivity contribution is 0.00176. The third kappa shape index (κ3) is 2.49. The minimum Gasteiger partial charge on any atom is -0.0472 e. The van der Waals surface area contributed by atoms with Crippen molar-refractivity contribution in [3.05, 3.63) is 0 Å². The Bertz CT molecular complexity index is 582. The van der Waals surface area contributed by atoms with Gasteiger partial charge in [-0.25, -0.2) is 0 Å². The fourth-order valence-corrected chi connectivity index (χ4v) is 22.7. The topological polar surface area (TPSA) is 0 Å². The highest BCUT2D eigenvalue weighted by Gasteiger charge is 2.74. The van der Waals surface area contributed by atoms with Gasteiger partial charge in [-0.05, 0) is 169 Å². The molecule has 0 heterocycles. The molecule has 12 aliphatic rings. The molecule has 0 aromatic heterocycles. The van der Waals surface area contributed by atoms with Gasteiger partial charge in [0.1, 0.15) is 0 Å². The van der Waals surface area contributed by atoms with Gasteiger partial charge in [-0.3, -0.25) is 0 Å². The summed E-state index contributed by atoms with van der Waals surface area (Å²) in [5.74, 6) is 10.6. The first-order valence-corrected chi connectivity index (χ1v) is 16.5. The molecular formula is C30H46P+. The van der Waals surface area contributed by atoms with E-state index < -0.39 is 0 Å². The molecule has 0 saturated heterocycles. The monoisotopic (exact) mass is 437 g/mol. The van der Waals surface area contributed by atoms with Crippen LogP contribution in [0.15, 0.2) is 0 Å². The van der Waals surface area contributed by atoms with Gasteiger partial charge >= 0.3 is 0 Å². The van der Waals surface area contributed by atoms with Crippen LogP contribution < -0.4 is 0 Å². The first kappa shape index (κ1) is 18.7. The van der Waals surface area contributed by atoms with Gasteiger partial charge in [0.2, 0.25) is 0 Å². The van der Waals surface area contributed by atoms with Crippen LogP contribution in [0.3, 0.4) is 0 Å². The average molecular weight is 438 g/mol. The van der Waals surface area contributed by atoms with Crippen LogP contribution in [-0.2, 0) is 0 Å². The fourth-order valence-electron chi connectivity index (χ4n) is 14.9. The van der Waals surface area contributed by atoms with Gasteiger partial charge < -0.3 is 0 Å². The zero-order valence-electron chi connectivity index (χ0n) is 19.9. The molecule has 0 aliphatic heterocycles. The van der Waals surface area contributed by atoms with E-state index in [1.165, 1.54) is 53.3 Å². The minimum atomic E-state index is -0.327. The highest BCUT2D eigenvalue weighted by molar-refractivity contribution is 7.62. The fraction of sp³-hybridized carbons (Fsp3) is 1.00. The second kappa shape index (κ2) is 5.97. The molecule has 0 spiro atoms. The van der Waals surface area contributed by atoms with Gasteiger partial charge in [0, 0.05) is 7.92 Å². The predicted octanol–water partition coefficient (Wildman–Crippen LogP) is 8.11. The lowest BCUT2D eigenvalue weighted by Crippen LogP contribution is -2.62. The summed E-state index contributed by atoms with van der Waals surface area (Å²) in [4.78, 5) is 0. The van der Waals surface area contributed by atoms with E-state index in [0.29, 0.717) is 0 Å². The summed E-state index contributed by atoms with van der Waals surface area (Å²) in [5, 5.41) is 2.74. The third-order valence-electron chi connectivity index (χ3n) is 13.7. The summed E-state index contributed by atoms with van der Waals surface area (Å²) < 4.78 is 0. The van der Waals surface area contributed by atoms with Gasteiger partial charge in [-0.2, -0.15) is 0 Å². The molecule has 31 heavy (non-hydrogen) atoms. The van der Waals surface area contributed by atoms with E-state index in [-0.39, 0.29) is 7.92 Å². The maximum absolute atomic E-state index is 1.75. The summed E-state index contributed by atoms with van der Waals surface area (Å²) in [6, 6.07) is 0. The Balaban J connectivity index is 1.21. The van der Waals surface area contributed by atoms with Crippen molar-refractivity contribution in [2.45, 2.75) is 131 Å². The molecule has 0 nitrogen and oxygen atoms in total. The summed E-state index contributed by atoms with van der Waals surface area (Å²) >= 11 is 0. The van der Waals surface area contributed by atoms with Crippen molar-refractivity contribution in [3.63, 3.8) is 0 Å². The summed E-state index contributed by atoms with van der Waals surface area (Å²) in [6.45, 7) is 0. The molecule has 170 valence electrons.